The van der Waals surface area contributed by atoms with Crippen LogP contribution in [0, 0.1) is 11.7 Å². The monoisotopic (exact) mass is 340 g/mol. The van der Waals surface area contributed by atoms with Gasteiger partial charge in [-0.15, -0.1) is 0 Å². The molecule has 20 heavy (non-hydrogen) atoms. The quantitative estimate of drug-likeness (QED) is 0.865. The number of halogens is 2. The Labute approximate surface area is 126 Å². The Morgan fingerprint density at radius 3 is 2.90 bits per heavy atom. The van der Waals surface area contributed by atoms with Crippen molar-refractivity contribution in [1.82, 2.24) is 5.32 Å². The Hall–Kier alpha value is -0.940. The fourth-order valence-electron chi connectivity index (χ4n) is 3.33. The van der Waals surface area contributed by atoms with E-state index in [0.717, 1.165) is 12.8 Å². The molecule has 1 aromatic carbocycles. The minimum Gasteiger partial charge on any atom is -0.322 e. The summed E-state index contributed by atoms with van der Waals surface area (Å²) in [6.07, 6.45) is 5.73. The Morgan fingerprint density at radius 2 is 2.15 bits per heavy atom. The number of hydrogen-bond acceptors (Lipinski definition) is 2. The first kappa shape index (κ1) is 14.0. The molecule has 2 fully saturated rings. The van der Waals surface area contributed by atoms with E-state index in [-0.39, 0.29) is 17.6 Å². The van der Waals surface area contributed by atoms with E-state index in [0.29, 0.717) is 16.4 Å². The number of hydrogen-bond donors (Lipinski definition) is 2. The summed E-state index contributed by atoms with van der Waals surface area (Å²) in [4.78, 5) is 12.2. The van der Waals surface area contributed by atoms with Gasteiger partial charge >= 0.3 is 0 Å². The Kier molecular flexibility index (Phi) is 4.08. The second-order valence-corrected chi connectivity index (χ2v) is 6.64. The van der Waals surface area contributed by atoms with Crippen LogP contribution < -0.4 is 10.6 Å². The normalized spacial score (nSPS) is 29.0. The molecule has 5 heteroatoms. The molecule has 2 aliphatic rings. The van der Waals surface area contributed by atoms with Gasteiger partial charge in [0.2, 0.25) is 5.91 Å². The topological polar surface area (TPSA) is 41.1 Å². The maximum Gasteiger partial charge on any atom is 0.241 e. The van der Waals surface area contributed by atoms with Crippen molar-refractivity contribution in [3.63, 3.8) is 0 Å². The van der Waals surface area contributed by atoms with E-state index < -0.39 is 5.82 Å². The Morgan fingerprint density at radius 1 is 1.35 bits per heavy atom. The standard InChI is InChI=1S/C15H18BrFN2O/c16-10-5-6-13(11(17)8-10)19-15(20)14-7-9-3-1-2-4-12(9)18-14/h5-6,8-9,12,14,18H,1-4,7H2,(H,19,20). The molecule has 1 saturated heterocycles. The van der Waals surface area contributed by atoms with E-state index in [1.54, 1.807) is 12.1 Å². The van der Waals surface area contributed by atoms with Gasteiger partial charge in [-0.25, -0.2) is 4.39 Å². The first-order chi connectivity index (χ1) is 9.63. The lowest BCUT2D eigenvalue weighted by Gasteiger charge is -2.24. The summed E-state index contributed by atoms with van der Waals surface area (Å²) in [5.41, 5.74) is 0.245. The fourth-order valence-corrected chi connectivity index (χ4v) is 3.66. The van der Waals surface area contributed by atoms with Crippen molar-refractivity contribution >= 4 is 27.5 Å². The van der Waals surface area contributed by atoms with Crippen LogP contribution in [0.4, 0.5) is 10.1 Å². The molecule has 0 aromatic heterocycles. The van der Waals surface area contributed by atoms with E-state index >= 15 is 0 Å². The van der Waals surface area contributed by atoms with Crippen molar-refractivity contribution in [2.45, 2.75) is 44.2 Å². The minimum atomic E-state index is -0.414. The summed E-state index contributed by atoms with van der Waals surface area (Å²) in [6.45, 7) is 0. The lowest BCUT2D eigenvalue weighted by molar-refractivity contribution is -0.117. The van der Waals surface area contributed by atoms with Gasteiger partial charge in [0, 0.05) is 10.5 Å². The number of rotatable bonds is 2. The van der Waals surface area contributed by atoms with Crippen molar-refractivity contribution < 1.29 is 9.18 Å². The van der Waals surface area contributed by atoms with Crippen LogP contribution in [0.5, 0.6) is 0 Å². The molecule has 1 aliphatic carbocycles. The largest absolute Gasteiger partial charge is 0.322 e. The van der Waals surface area contributed by atoms with E-state index in [2.05, 4.69) is 26.6 Å². The van der Waals surface area contributed by atoms with Crippen molar-refractivity contribution in [2.24, 2.45) is 5.92 Å². The molecule has 1 aliphatic heterocycles. The molecular formula is C15H18BrFN2O. The summed E-state index contributed by atoms with van der Waals surface area (Å²) in [5.74, 6) is 0.0676. The molecule has 3 rings (SSSR count). The first-order valence-corrected chi connectivity index (χ1v) is 7.95. The molecule has 1 saturated carbocycles. The molecule has 3 unspecified atom stereocenters. The molecule has 0 bridgehead atoms. The smallest absolute Gasteiger partial charge is 0.241 e. The molecule has 1 amide bonds. The van der Waals surface area contributed by atoms with Crippen LogP contribution in [-0.4, -0.2) is 18.0 Å². The van der Waals surface area contributed by atoms with Gasteiger partial charge in [-0.1, -0.05) is 28.8 Å². The number of fused-ring (bicyclic) bond motifs is 1. The number of anilines is 1. The third-order valence-electron chi connectivity index (χ3n) is 4.37. The van der Waals surface area contributed by atoms with Gasteiger partial charge in [-0.3, -0.25) is 4.79 Å². The lowest BCUT2D eigenvalue weighted by atomic mass is 9.85. The van der Waals surface area contributed by atoms with Crippen molar-refractivity contribution in [1.29, 1.82) is 0 Å². The molecular weight excluding hydrogens is 323 g/mol. The molecule has 2 N–H and O–H groups in total. The van der Waals surface area contributed by atoms with Crippen LogP contribution in [0.25, 0.3) is 0 Å². The zero-order valence-electron chi connectivity index (χ0n) is 11.2. The number of carbonyl (C=O) groups is 1. The maximum atomic E-state index is 13.7. The van der Waals surface area contributed by atoms with Crippen molar-refractivity contribution in [3.8, 4) is 0 Å². The highest BCUT2D eigenvalue weighted by Crippen LogP contribution is 2.33. The van der Waals surface area contributed by atoms with Crippen LogP contribution in [0.15, 0.2) is 22.7 Å². The second-order valence-electron chi connectivity index (χ2n) is 5.72. The lowest BCUT2D eigenvalue weighted by Crippen LogP contribution is -2.40. The Bertz CT molecular complexity index is 509. The van der Waals surface area contributed by atoms with Crippen LogP contribution >= 0.6 is 15.9 Å². The molecule has 1 heterocycles. The maximum absolute atomic E-state index is 13.7. The van der Waals surface area contributed by atoms with E-state index in [1.165, 1.54) is 25.3 Å². The van der Waals surface area contributed by atoms with Crippen molar-refractivity contribution in [2.75, 3.05) is 5.32 Å². The van der Waals surface area contributed by atoms with Gasteiger partial charge in [0.25, 0.3) is 0 Å². The predicted octanol–water partition coefficient (Wildman–Crippen LogP) is 3.45. The van der Waals surface area contributed by atoms with Crippen molar-refractivity contribution in [3.05, 3.63) is 28.5 Å². The fraction of sp³-hybridized carbons (Fsp3) is 0.533. The van der Waals surface area contributed by atoms with E-state index in [1.807, 2.05) is 0 Å². The third-order valence-corrected chi connectivity index (χ3v) is 4.86. The van der Waals surface area contributed by atoms with Gasteiger partial charge in [0.05, 0.1) is 11.7 Å². The van der Waals surface area contributed by atoms with Gasteiger partial charge < -0.3 is 10.6 Å². The molecule has 0 spiro atoms. The average molecular weight is 341 g/mol. The summed E-state index contributed by atoms with van der Waals surface area (Å²) in [6, 6.07) is 4.94. The van der Waals surface area contributed by atoms with Crippen LogP contribution in [0.1, 0.15) is 32.1 Å². The highest BCUT2D eigenvalue weighted by molar-refractivity contribution is 9.10. The zero-order chi connectivity index (χ0) is 14.1. The van der Waals surface area contributed by atoms with Crippen LogP contribution in [0.3, 0.4) is 0 Å². The van der Waals surface area contributed by atoms with E-state index in [4.69, 9.17) is 0 Å². The highest BCUT2D eigenvalue weighted by Gasteiger charge is 2.38. The summed E-state index contributed by atoms with van der Waals surface area (Å²) >= 11 is 3.21. The SMILES string of the molecule is O=C(Nc1ccc(Br)cc1F)C1CC2CCCCC2N1. The highest BCUT2D eigenvalue weighted by atomic mass is 79.9. The molecule has 3 atom stereocenters. The van der Waals surface area contributed by atoms with Crippen LogP contribution in [-0.2, 0) is 4.79 Å². The van der Waals surface area contributed by atoms with Crippen LogP contribution in [0.2, 0.25) is 0 Å². The first-order valence-electron chi connectivity index (χ1n) is 7.15. The molecule has 3 nitrogen and oxygen atoms in total. The van der Waals surface area contributed by atoms with Gasteiger partial charge in [0.1, 0.15) is 5.82 Å². The number of amides is 1. The number of nitrogens with one attached hydrogen (secondary N) is 2. The number of carbonyl (C=O) groups excluding carboxylic acids is 1. The van der Waals surface area contributed by atoms with Gasteiger partial charge in [-0.2, -0.15) is 0 Å². The zero-order valence-corrected chi connectivity index (χ0v) is 12.7. The molecule has 0 radical (unpaired) electrons. The Balaban J connectivity index is 1.65. The van der Waals surface area contributed by atoms with Gasteiger partial charge in [-0.05, 0) is 43.4 Å². The molecule has 108 valence electrons. The summed E-state index contributed by atoms with van der Waals surface area (Å²) in [5, 5.41) is 6.09. The number of benzene rings is 1. The average Bonchev–Trinajstić information content (AvgIpc) is 2.86. The third kappa shape index (κ3) is 2.88. The minimum absolute atomic E-state index is 0.124. The van der Waals surface area contributed by atoms with Gasteiger partial charge in [0.15, 0.2) is 0 Å². The summed E-state index contributed by atoms with van der Waals surface area (Å²) in [7, 11) is 0. The molecule has 1 aromatic rings. The van der Waals surface area contributed by atoms with E-state index in [9.17, 15) is 9.18 Å². The predicted molar refractivity (Wildman–Crippen MR) is 80.0 cm³/mol. The summed E-state index contributed by atoms with van der Waals surface area (Å²) < 4.78 is 14.4. The second kappa shape index (κ2) is 5.82.